The van der Waals surface area contributed by atoms with E-state index in [0.29, 0.717) is 12.1 Å². The molecule has 4 rings (SSSR count). The van der Waals surface area contributed by atoms with Gasteiger partial charge in [0.1, 0.15) is 11.6 Å². The number of rotatable bonds is 3. The zero-order chi connectivity index (χ0) is 19.3. The number of anilines is 1. The molecule has 0 saturated carbocycles. The van der Waals surface area contributed by atoms with Gasteiger partial charge >= 0.3 is 0 Å². The Balaban J connectivity index is 2.00. The molecule has 27 heavy (non-hydrogen) atoms. The molecule has 0 fully saturated rings. The van der Waals surface area contributed by atoms with Gasteiger partial charge in [-0.3, -0.25) is 8.87 Å². The van der Waals surface area contributed by atoms with Crippen LogP contribution >= 0.6 is 0 Å². The molecule has 0 bridgehead atoms. The highest BCUT2D eigenvalue weighted by molar-refractivity contribution is 7.92. The van der Waals surface area contributed by atoms with E-state index in [1.165, 1.54) is 53.1 Å². The number of fused-ring (bicyclic) bond motifs is 3. The van der Waals surface area contributed by atoms with Gasteiger partial charge in [-0.1, -0.05) is 6.92 Å². The van der Waals surface area contributed by atoms with E-state index < -0.39 is 27.8 Å². The third-order valence-corrected chi connectivity index (χ3v) is 6.52. The van der Waals surface area contributed by atoms with Gasteiger partial charge in [0.25, 0.3) is 10.0 Å². The van der Waals surface area contributed by atoms with Crippen LogP contribution in [0.2, 0.25) is 0 Å². The van der Waals surface area contributed by atoms with E-state index in [4.69, 9.17) is 0 Å². The summed E-state index contributed by atoms with van der Waals surface area (Å²) in [6.45, 7) is 1.78. The summed E-state index contributed by atoms with van der Waals surface area (Å²) in [6, 6.07) is 10.8. The number of nitrogens with zero attached hydrogens (tertiary/aromatic N) is 2. The average Bonchev–Trinajstić information content (AvgIpc) is 3.02. The van der Waals surface area contributed by atoms with Gasteiger partial charge in [0.15, 0.2) is 5.95 Å². The van der Waals surface area contributed by atoms with Crippen LogP contribution < -0.4 is 4.31 Å². The first-order chi connectivity index (χ1) is 12.8. The maximum Gasteiger partial charge on any atom is 0.265 e. The summed E-state index contributed by atoms with van der Waals surface area (Å²) in [7, 11) is -4.08. The molecule has 1 atom stereocenters. The van der Waals surface area contributed by atoms with Gasteiger partial charge in [0, 0.05) is 11.8 Å². The average molecular weight is 390 g/mol. The molecule has 1 aliphatic rings. The summed E-state index contributed by atoms with van der Waals surface area (Å²) in [5.41, 5.74) is 0.787. The van der Waals surface area contributed by atoms with Crippen molar-refractivity contribution in [3.05, 3.63) is 72.1 Å². The van der Waals surface area contributed by atoms with Crippen LogP contribution in [-0.4, -0.2) is 18.1 Å². The fraction of sp³-hybridized carbons (Fsp3) is 0.158. The Kier molecular flexibility index (Phi) is 3.96. The number of aromatic hydroxyl groups is 1. The smallest absolute Gasteiger partial charge is 0.265 e. The van der Waals surface area contributed by atoms with Crippen LogP contribution in [0.15, 0.2) is 59.5 Å². The quantitative estimate of drug-likeness (QED) is 0.732. The number of aromatic nitrogens is 1. The minimum Gasteiger partial charge on any atom is -0.508 e. The molecule has 1 aliphatic heterocycles. The Bertz CT molecular complexity index is 1120. The Hall–Kier alpha value is -2.87. The molecule has 5 nitrogen and oxygen atoms in total. The molecule has 0 saturated heterocycles. The van der Waals surface area contributed by atoms with Gasteiger partial charge in [0.05, 0.1) is 22.3 Å². The topological polar surface area (TPSA) is 62.5 Å². The molecule has 0 aliphatic carbocycles. The van der Waals surface area contributed by atoms with Crippen molar-refractivity contribution < 1.29 is 22.3 Å². The third-order valence-electron chi connectivity index (χ3n) is 4.68. The van der Waals surface area contributed by atoms with E-state index in [1.807, 2.05) is 0 Å². The van der Waals surface area contributed by atoms with Crippen LogP contribution in [0.5, 0.6) is 5.75 Å². The molecular formula is C19H16F2N2O3S. The molecular weight excluding hydrogens is 374 g/mol. The summed E-state index contributed by atoms with van der Waals surface area (Å²) in [4.78, 5) is -0.0468. The van der Waals surface area contributed by atoms with E-state index in [-0.39, 0.29) is 22.0 Å². The second-order valence-corrected chi connectivity index (χ2v) is 8.08. The number of benzene rings is 2. The van der Waals surface area contributed by atoms with Gasteiger partial charge in [-0.05, 0) is 55.0 Å². The second kappa shape index (κ2) is 6.09. The molecule has 2 aromatic carbocycles. The number of halogens is 2. The minimum atomic E-state index is -4.08. The Morgan fingerprint density at radius 2 is 1.70 bits per heavy atom. The lowest BCUT2D eigenvalue weighted by atomic mass is 10.1. The SMILES string of the molecule is CCC1c2ccc(F)n2-c2ccc(F)cc2N1S(=O)(=O)c1ccc(O)cc1. The number of sulfonamides is 1. The monoisotopic (exact) mass is 390 g/mol. The van der Waals surface area contributed by atoms with E-state index in [0.717, 1.165) is 10.4 Å². The maximum absolute atomic E-state index is 14.4. The van der Waals surface area contributed by atoms with Crippen molar-refractivity contribution in [1.29, 1.82) is 0 Å². The fourth-order valence-corrected chi connectivity index (χ4v) is 5.20. The van der Waals surface area contributed by atoms with Crippen LogP contribution in [-0.2, 0) is 10.0 Å². The first-order valence-corrected chi connectivity index (χ1v) is 9.79. The first-order valence-electron chi connectivity index (χ1n) is 8.35. The second-order valence-electron chi connectivity index (χ2n) is 6.27. The lowest BCUT2D eigenvalue weighted by Gasteiger charge is -2.38. The standard InChI is InChI=1S/C19H16F2N2O3S/c1-2-15-16-9-10-19(21)22(16)17-8-3-12(20)11-18(17)23(15)27(25,26)14-6-4-13(24)5-7-14/h3-11,15,24H,2H2,1H3. The minimum absolute atomic E-state index is 0.0468. The summed E-state index contributed by atoms with van der Waals surface area (Å²) < 4.78 is 57.6. The molecule has 0 spiro atoms. The summed E-state index contributed by atoms with van der Waals surface area (Å²) in [5, 5.41) is 9.45. The maximum atomic E-state index is 14.4. The van der Waals surface area contributed by atoms with Crippen LogP contribution in [0.25, 0.3) is 5.69 Å². The van der Waals surface area contributed by atoms with Crippen LogP contribution in [0, 0.1) is 11.8 Å². The number of phenolic OH excluding ortho intramolecular Hbond substituents is 1. The number of hydrogen-bond donors (Lipinski definition) is 1. The van der Waals surface area contributed by atoms with E-state index >= 15 is 0 Å². The molecule has 3 aromatic rings. The number of phenols is 1. The van der Waals surface area contributed by atoms with Crippen LogP contribution in [0.3, 0.4) is 0 Å². The van der Waals surface area contributed by atoms with Crippen molar-refractivity contribution in [3.63, 3.8) is 0 Å². The normalized spacial score (nSPS) is 16.1. The summed E-state index contributed by atoms with van der Waals surface area (Å²) >= 11 is 0. The fourth-order valence-electron chi connectivity index (χ4n) is 3.49. The molecule has 0 radical (unpaired) electrons. The highest BCUT2D eigenvalue weighted by Gasteiger charge is 2.39. The van der Waals surface area contributed by atoms with E-state index in [1.54, 1.807) is 6.92 Å². The highest BCUT2D eigenvalue weighted by Crippen LogP contribution is 2.44. The predicted molar refractivity (Wildman–Crippen MR) is 96.5 cm³/mol. The van der Waals surface area contributed by atoms with E-state index in [9.17, 15) is 22.3 Å². The van der Waals surface area contributed by atoms with E-state index in [2.05, 4.69) is 0 Å². The van der Waals surface area contributed by atoms with Gasteiger partial charge in [-0.15, -0.1) is 0 Å². The summed E-state index contributed by atoms with van der Waals surface area (Å²) in [6.07, 6.45) is 0.358. The molecule has 1 aromatic heterocycles. The van der Waals surface area contributed by atoms with Crippen molar-refractivity contribution in [2.24, 2.45) is 0 Å². The third kappa shape index (κ3) is 2.59. The van der Waals surface area contributed by atoms with Crippen molar-refractivity contribution >= 4 is 15.7 Å². The van der Waals surface area contributed by atoms with Gasteiger partial charge in [0.2, 0.25) is 0 Å². The highest BCUT2D eigenvalue weighted by atomic mass is 32.2. The lowest BCUT2D eigenvalue weighted by Crippen LogP contribution is -2.39. The van der Waals surface area contributed by atoms with Gasteiger partial charge < -0.3 is 5.11 Å². The molecule has 8 heteroatoms. The molecule has 140 valence electrons. The van der Waals surface area contributed by atoms with Crippen molar-refractivity contribution in [2.45, 2.75) is 24.3 Å². The van der Waals surface area contributed by atoms with Gasteiger partial charge in [-0.25, -0.2) is 12.8 Å². The zero-order valence-electron chi connectivity index (χ0n) is 14.3. The Morgan fingerprint density at radius 3 is 2.37 bits per heavy atom. The van der Waals surface area contributed by atoms with Crippen molar-refractivity contribution in [2.75, 3.05) is 4.31 Å². The molecule has 2 heterocycles. The Morgan fingerprint density at radius 1 is 1.00 bits per heavy atom. The Labute approximate surface area is 155 Å². The largest absolute Gasteiger partial charge is 0.508 e. The predicted octanol–water partition coefficient (Wildman–Crippen LogP) is 4.12. The number of hydrogen-bond acceptors (Lipinski definition) is 3. The van der Waals surface area contributed by atoms with Gasteiger partial charge in [-0.2, -0.15) is 4.39 Å². The first kappa shape index (κ1) is 17.5. The molecule has 0 amide bonds. The van der Waals surface area contributed by atoms with Crippen LogP contribution in [0.1, 0.15) is 25.1 Å². The van der Waals surface area contributed by atoms with Crippen molar-refractivity contribution in [1.82, 2.24) is 4.57 Å². The van der Waals surface area contributed by atoms with Crippen LogP contribution in [0.4, 0.5) is 14.5 Å². The lowest BCUT2D eigenvalue weighted by molar-refractivity contribution is 0.474. The molecule has 1 N–H and O–H groups in total. The molecule has 1 unspecified atom stereocenters. The van der Waals surface area contributed by atoms with Crippen molar-refractivity contribution in [3.8, 4) is 11.4 Å². The zero-order valence-corrected chi connectivity index (χ0v) is 15.1. The summed E-state index contributed by atoms with van der Waals surface area (Å²) in [5.74, 6) is -1.23.